The van der Waals surface area contributed by atoms with Gasteiger partial charge in [0, 0.05) is 13.0 Å². The van der Waals surface area contributed by atoms with E-state index in [0.29, 0.717) is 5.92 Å². The minimum Gasteiger partial charge on any atom is -0.356 e. The monoisotopic (exact) mass is 224 g/mol. The lowest BCUT2D eigenvalue weighted by Crippen LogP contribution is -2.31. The second-order valence-electron chi connectivity index (χ2n) is 5.37. The fourth-order valence-electron chi connectivity index (χ4n) is 2.87. The van der Waals surface area contributed by atoms with Crippen molar-refractivity contribution in [2.24, 2.45) is 11.8 Å². The van der Waals surface area contributed by atoms with Crippen LogP contribution in [0, 0.1) is 11.8 Å². The summed E-state index contributed by atoms with van der Waals surface area (Å²) in [5.74, 6) is 1.59. The molecule has 1 heterocycles. The Hall–Kier alpha value is -0.570. The number of amides is 1. The molecule has 0 radical (unpaired) electrons. The second-order valence-corrected chi connectivity index (χ2v) is 5.37. The number of rotatable bonds is 4. The molecule has 3 heteroatoms. The Morgan fingerprint density at radius 3 is 2.62 bits per heavy atom. The maximum Gasteiger partial charge on any atom is 0.220 e. The van der Waals surface area contributed by atoms with Crippen molar-refractivity contribution in [3.8, 4) is 0 Å². The van der Waals surface area contributed by atoms with Crippen LogP contribution in [0.2, 0.25) is 0 Å². The van der Waals surface area contributed by atoms with Crippen molar-refractivity contribution < 1.29 is 4.79 Å². The Labute approximate surface area is 98.4 Å². The molecule has 1 aliphatic carbocycles. The highest BCUT2D eigenvalue weighted by Gasteiger charge is 2.19. The van der Waals surface area contributed by atoms with Gasteiger partial charge in [-0.05, 0) is 44.2 Å². The molecule has 1 unspecified atom stereocenters. The molecule has 2 aliphatic rings. The van der Waals surface area contributed by atoms with Crippen LogP contribution >= 0.6 is 0 Å². The molecule has 1 aliphatic heterocycles. The maximum atomic E-state index is 11.7. The number of hydrogen-bond donors (Lipinski definition) is 2. The number of nitrogens with one attached hydrogen (secondary N) is 2. The normalized spacial score (nSPS) is 26.9. The van der Waals surface area contributed by atoms with Gasteiger partial charge in [0.05, 0.1) is 0 Å². The molecule has 0 bridgehead atoms. The van der Waals surface area contributed by atoms with Crippen LogP contribution in [-0.2, 0) is 4.79 Å². The van der Waals surface area contributed by atoms with Gasteiger partial charge < -0.3 is 10.6 Å². The lowest BCUT2D eigenvalue weighted by atomic mass is 9.89. The summed E-state index contributed by atoms with van der Waals surface area (Å²) in [6.07, 6.45) is 8.60. The van der Waals surface area contributed by atoms with Crippen molar-refractivity contribution in [1.29, 1.82) is 0 Å². The van der Waals surface area contributed by atoms with Crippen LogP contribution in [0.15, 0.2) is 0 Å². The standard InChI is InChI=1S/C13H24N2O/c16-13(8-12-6-7-14-9-12)15-10-11-4-2-1-3-5-11/h11-12,14H,1-10H2,(H,15,16). The molecular formula is C13H24N2O. The average Bonchev–Trinajstić information content (AvgIpc) is 2.81. The van der Waals surface area contributed by atoms with Crippen molar-refractivity contribution in [3.05, 3.63) is 0 Å². The Morgan fingerprint density at radius 2 is 1.94 bits per heavy atom. The highest BCUT2D eigenvalue weighted by Crippen LogP contribution is 2.22. The van der Waals surface area contributed by atoms with Crippen LogP contribution in [0.1, 0.15) is 44.9 Å². The van der Waals surface area contributed by atoms with Gasteiger partial charge in [-0.3, -0.25) is 4.79 Å². The molecule has 1 saturated carbocycles. The summed E-state index contributed by atoms with van der Waals surface area (Å²) in [4.78, 5) is 11.7. The highest BCUT2D eigenvalue weighted by atomic mass is 16.1. The van der Waals surface area contributed by atoms with Gasteiger partial charge in [0.25, 0.3) is 0 Å². The molecule has 2 rings (SSSR count). The summed E-state index contributed by atoms with van der Waals surface area (Å²) >= 11 is 0. The molecule has 16 heavy (non-hydrogen) atoms. The van der Waals surface area contributed by atoms with E-state index in [2.05, 4.69) is 10.6 Å². The van der Waals surface area contributed by atoms with E-state index in [9.17, 15) is 4.79 Å². The summed E-state index contributed by atoms with van der Waals surface area (Å²) < 4.78 is 0. The first-order valence-electron chi connectivity index (χ1n) is 6.82. The Morgan fingerprint density at radius 1 is 1.12 bits per heavy atom. The molecule has 2 fully saturated rings. The van der Waals surface area contributed by atoms with Crippen LogP contribution in [0.5, 0.6) is 0 Å². The summed E-state index contributed by atoms with van der Waals surface area (Å²) in [5.41, 5.74) is 0. The van der Waals surface area contributed by atoms with Gasteiger partial charge in [-0.2, -0.15) is 0 Å². The summed E-state index contributed by atoms with van der Waals surface area (Å²) in [6.45, 7) is 3.02. The third-order valence-electron chi connectivity index (χ3n) is 3.95. The maximum absolute atomic E-state index is 11.7. The van der Waals surface area contributed by atoms with Gasteiger partial charge in [0.1, 0.15) is 0 Å². The Bertz CT molecular complexity index is 218. The fourth-order valence-corrected chi connectivity index (χ4v) is 2.87. The average molecular weight is 224 g/mol. The first-order chi connectivity index (χ1) is 7.84. The van der Waals surface area contributed by atoms with E-state index in [1.54, 1.807) is 0 Å². The van der Waals surface area contributed by atoms with Gasteiger partial charge >= 0.3 is 0 Å². The van der Waals surface area contributed by atoms with Gasteiger partial charge in [0.15, 0.2) is 0 Å². The van der Waals surface area contributed by atoms with E-state index in [4.69, 9.17) is 0 Å². The minimum atomic E-state index is 0.263. The lowest BCUT2D eigenvalue weighted by Gasteiger charge is -2.22. The van der Waals surface area contributed by atoms with Crippen LogP contribution in [0.4, 0.5) is 0 Å². The van der Waals surface area contributed by atoms with E-state index in [0.717, 1.165) is 38.4 Å². The smallest absolute Gasteiger partial charge is 0.220 e. The molecule has 2 N–H and O–H groups in total. The Kier molecular flexibility index (Phi) is 4.64. The quantitative estimate of drug-likeness (QED) is 0.763. The third kappa shape index (κ3) is 3.78. The first kappa shape index (κ1) is 11.9. The van der Waals surface area contributed by atoms with E-state index in [1.165, 1.54) is 32.1 Å². The van der Waals surface area contributed by atoms with E-state index >= 15 is 0 Å². The van der Waals surface area contributed by atoms with Gasteiger partial charge in [-0.15, -0.1) is 0 Å². The molecule has 1 amide bonds. The van der Waals surface area contributed by atoms with Gasteiger partial charge in [-0.1, -0.05) is 19.3 Å². The van der Waals surface area contributed by atoms with Crippen molar-refractivity contribution in [3.63, 3.8) is 0 Å². The zero-order chi connectivity index (χ0) is 11.2. The predicted molar refractivity (Wildman–Crippen MR) is 65.2 cm³/mol. The fraction of sp³-hybridized carbons (Fsp3) is 0.923. The van der Waals surface area contributed by atoms with Crippen LogP contribution < -0.4 is 10.6 Å². The van der Waals surface area contributed by atoms with Crippen molar-refractivity contribution in [2.45, 2.75) is 44.9 Å². The van der Waals surface area contributed by atoms with Crippen molar-refractivity contribution >= 4 is 5.91 Å². The highest BCUT2D eigenvalue weighted by molar-refractivity contribution is 5.76. The molecule has 0 aromatic carbocycles. The molecule has 0 aromatic rings. The van der Waals surface area contributed by atoms with Crippen LogP contribution in [0.25, 0.3) is 0 Å². The van der Waals surface area contributed by atoms with E-state index < -0.39 is 0 Å². The third-order valence-corrected chi connectivity index (χ3v) is 3.95. The second kappa shape index (κ2) is 6.24. The minimum absolute atomic E-state index is 0.263. The molecule has 92 valence electrons. The molecule has 0 spiro atoms. The van der Waals surface area contributed by atoms with Crippen LogP contribution in [-0.4, -0.2) is 25.5 Å². The first-order valence-corrected chi connectivity index (χ1v) is 6.82. The molecule has 0 aromatic heterocycles. The van der Waals surface area contributed by atoms with Gasteiger partial charge in [0.2, 0.25) is 5.91 Å². The SMILES string of the molecule is O=C(CC1CCNC1)NCC1CCCCC1. The lowest BCUT2D eigenvalue weighted by molar-refractivity contribution is -0.122. The Balaban J connectivity index is 1.59. The number of hydrogen-bond acceptors (Lipinski definition) is 2. The molecule has 3 nitrogen and oxygen atoms in total. The zero-order valence-corrected chi connectivity index (χ0v) is 10.1. The summed E-state index contributed by atoms with van der Waals surface area (Å²) in [7, 11) is 0. The summed E-state index contributed by atoms with van der Waals surface area (Å²) in [6, 6.07) is 0. The molecule has 1 saturated heterocycles. The number of carbonyl (C=O) groups is 1. The zero-order valence-electron chi connectivity index (χ0n) is 10.1. The largest absolute Gasteiger partial charge is 0.356 e. The topological polar surface area (TPSA) is 41.1 Å². The molecule has 1 atom stereocenters. The van der Waals surface area contributed by atoms with Gasteiger partial charge in [-0.25, -0.2) is 0 Å². The molecular weight excluding hydrogens is 200 g/mol. The van der Waals surface area contributed by atoms with Crippen molar-refractivity contribution in [1.82, 2.24) is 10.6 Å². The van der Waals surface area contributed by atoms with E-state index in [1.807, 2.05) is 0 Å². The van der Waals surface area contributed by atoms with E-state index in [-0.39, 0.29) is 5.91 Å². The summed E-state index contributed by atoms with van der Waals surface area (Å²) in [5, 5.41) is 6.42. The van der Waals surface area contributed by atoms with Crippen LogP contribution in [0.3, 0.4) is 0 Å². The number of carbonyl (C=O) groups excluding carboxylic acids is 1. The van der Waals surface area contributed by atoms with Crippen molar-refractivity contribution in [2.75, 3.05) is 19.6 Å². The predicted octanol–water partition coefficient (Wildman–Crippen LogP) is 1.68.